The molecule has 4 nitrogen and oxygen atoms in total. The molecule has 0 spiro atoms. The number of benzene rings is 2. The highest BCUT2D eigenvalue weighted by Gasteiger charge is 2.11. The molecule has 0 aliphatic heterocycles. The van der Waals surface area contributed by atoms with Gasteiger partial charge in [0.2, 0.25) is 5.90 Å². The van der Waals surface area contributed by atoms with Gasteiger partial charge in [0.15, 0.2) is 0 Å². The number of aromatic amines is 1. The summed E-state index contributed by atoms with van der Waals surface area (Å²) in [5, 5.41) is 16.0. The van der Waals surface area contributed by atoms with E-state index in [2.05, 4.69) is 10.2 Å². The number of rotatable bonds is 3. The molecule has 0 aliphatic rings. The van der Waals surface area contributed by atoms with E-state index in [1.54, 1.807) is 12.1 Å². The van der Waals surface area contributed by atoms with Gasteiger partial charge < -0.3 is 4.74 Å². The van der Waals surface area contributed by atoms with Crippen LogP contribution in [-0.2, 0) is 4.74 Å². The van der Waals surface area contributed by atoms with E-state index in [1.807, 2.05) is 25.1 Å². The van der Waals surface area contributed by atoms with E-state index in [4.69, 9.17) is 10.1 Å². The van der Waals surface area contributed by atoms with Crippen molar-refractivity contribution in [3.63, 3.8) is 0 Å². The Kier molecular flexibility index (Phi) is 4.78. The van der Waals surface area contributed by atoms with Crippen molar-refractivity contribution in [2.24, 2.45) is 0 Å². The predicted molar refractivity (Wildman–Crippen MR) is 87.2 cm³/mol. The molecule has 114 valence electrons. The van der Waals surface area contributed by atoms with Gasteiger partial charge in [0.1, 0.15) is 5.82 Å². The molecule has 0 fully saturated rings. The van der Waals surface area contributed by atoms with Crippen LogP contribution in [0.25, 0.3) is 22.2 Å². The Balaban J connectivity index is 0.00000176. The lowest BCUT2D eigenvalue weighted by molar-refractivity contribution is 0.325. The van der Waals surface area contributed by atoms with Crippen LogP contribution in [0.1, 0.15) is 12.5 Å². The highest BCUT2D eigenvalue weighted by molar-refractivity contribution is 6.00. The maximum Gasteiger partial charge on any atom is 0.213 e. The first-order chi connectivity index (χ1) is 10.2. The monoisotopic (exact) mass is 319 g/mol. The molecule has 0 atom stereocenters. The molecule has 0 bridgehead atoms. The molecule has 0 saturated carbocycles. The molecule has 0 aliphatic carbocycles. The maximum absolute atomic E-state index is 13.0. The first-order valence-electron chi connectivity index (χ1n) is 6.65. The predicted octanol–water partition coefficient (Wildman–Crippen LogP) is 4.15. The quantitative estimate of drug-likeness (QED) is 0.562. The lowest BCUT2D eigenvalue weighted by Gasteiger charge is -2.05. The Bertz CT molecular complexity index is 799. The molecule has 3 aromatic rings. The summed E-state index contributed by atoms with van der Waals surface area (Å²) < 4.78 is 18.2. The number of halogens is 2. The van der Waals surface area contributed by atoms with E-state index < -0.39 is 0 Å². The first kappa shape index (κ1) is 16.0. The molecular formula is C16H15ClFN3O. The van der Waals surface area contributed by atoms with Crippen molar-refractivity contribution in [2.75, 3.05) is 6.61 Å². The summed E-state index contributed by atoms with van der Waals surface area (Å²) in [6.45, 7) is 2.29. The van der Waals surface area contributed by atoms with Crippen LogP contribution >= 0.6 is 12.4 Å². The van der Waals surface area contributed by atoms with E-state index in [-0.39, 0.29) is 24.1 Å². The Morgan fingerprint density at radius 1 is 1.23 bits per heavy atom. The molecule has 1 heterocycles. The fraction of sp³-hybridized carbons (Fsp3) is 0.125. The van der Waals surface area contributed by atoms with Gasteiger partial charge in [-0.2, -0.15) is 5.10 Å². The molecular weight excluding hydrogens is 305 g/mol. The van der Waals surface area contributed by atoms with E-state index >= 15 is 0 Å². The molecule has 6 heteroatoms. The van der Waals surface area contributed by atoms with Crippen molar-refractivity contribution in [2.45, 2.75) is 6.92 Å². The number of nitrogens with zero attached hydrogens (tertiary/aromatic N) is 1. The topological polar surface area (TPSA) is 61.8 Å². The van der Waals surface area contributed by atoms with Gasteiger partial charge in [0, 0.05) is 16.5 Å². The van der Waals surface area contributed by atoms with Crippen LogP contribution in [0, 0.1) is 11.2 Å². The Hall–Kier alpha value is -2.40. The standard InChI is InChI=1S/C16H14FN3O.ClH/c1-2-21-16(18)11-5-8-14-13(9-11)15(20-19-14)10-3-6-12(17)7-4-10;/h3-9,18H,2H2,1H3,(H,19,20);1H. The van der Waals surface area contributed by atoms with Crippen molar-refractivity contribution in [3.8, 4) is 11.3 Å². The summed E-state index contributed by atoms with van der Waals surface area (Å²) in [5.74, 6) is -0.150. The number of ether oxygens (including phenoxy) is 1. The van der Waals surface area contributed by atoms with Gasteiger partial charge in [-0.25, -0.2) is 4.39 Å². The Morgan fingerprint density at radius 2 is 1.95 bits per heavy atom. The summed E-state index contributed by atoms with van der Waals surface area (Å²) in [5.41, 5.74) is 3.11. The molecule has 0 saturated heterocycles. The fourth-order valence-electron chi connectivity index (χ4n) is 2.21. The Labute approximate surface area is 133 Å². The molecule has 0 unspecified atom stereocenters. The average molecular weight is 320 g/mol. The van der Waals surface area contributed by atoms with Gasteiger partial charge in [0.25, 0.3) is 0 Å². The van der Waals surface area contributed by atoms with Crippen molar-refractivity contribution in [1.82, 2.24) is 10.2 Å². The van der Waals surface area contributed by atoms with Crippen molar-refractivity contribution >= 4 is 29.2 Å². The summed E-state index contributed by atoms with van der Waals surface area (Å²) in [7, 11) is 0. The van der Waals surface area contributed by atoms with Crippen molar-refractivity contribution < 1.29 is 9.13 Å². The van der Waals surface area contributed by atoms with Gasteiger partial charge in [-0.3, -0.25) is 10.5 Å². The van der Waals surface area contributed by atoms with Crippen LogP contribution in [0.15, 0.2) is 42.5 Å². The third-order valence-electron chi connectivity index (χ3n) is 3.23. The van der Waals surface area contributed by atoms with E-state index in [1.165, 1.54) is 12.1 Å². The number of nitrogens with one attached hydrogen (secondary N) is 2. The third-order valence-corrected chi connectivity index (χ3v) is 3.23. The lowest BCUT2D eigenvalue weighted by atomic mass is 10.1. The van der Waals surface area contributed by atoms with E-state index in [9.17, 15) is 4.39 Å². The van der Waals surface area contributed by atoms with E-state index in [0.717, 1.165) is 22.2 Å². The highest BCUT2D eigenvalue weighted by Crippen LogP contribution is 2.27. The molecule has 0 radical (unpaired) electrons. The molecule has 0 amide bonds. The summed E-state index contributed by atoms with van der Waals surface area (Å²) in [6, 6.07) is 11.7. The maximum atomic E-state index is 13.0. The van der Waals surface area contributed by atoms with Crippen LogP contribution < -0.4 is 0 Å². The average Bonchev–Trinajstić information content (AvgIpc) is 2.91. The minimum Gasteiger partial charge on any atom is -0.478 e. The summed E-state index contributed by atoms with van der Waals surface area (Å²) in [6.07, 6.45) is 0. The van der Waals surface area contributed by atoms with Crippen LogP contribution in [-0.4, -0.2) is 22.7 Å². The molecule has 3 rings (SSSR count). The zero-order chi connectivity index (χ0) is 14.8. The molecule has 22 heavy (non-hydrogen) atoms. The second-order valence-electron chi connectivity index (χ2n) is 4.60. The second-order valence-corrected chi connectivity index (χ2v) is 4.60. The number of aromatic nitrogens is 2. The van der Waals surface area contributed by atoms with Crippen LogP contribution in [0.5, 0.6) is 0 Å². The number of hydrogen-bond donors (Lipinski definition) is 2. The molecule has 1 aromatic heterocycles. The zero-order valence-corrected chi connectivity index (χ0v) is 12.7. The van der Waals surface area contributed by atoms with Crippen LogP contribution in [0.3, 0.4) is 0 Å². The van der Waals surface area contributed by atoms with Crippen LogP contribution in [0.4, 0.5) is 4.39 Å². The third kappa shape index (κ3) is 2.94. The van der Waals surface area contributed by atoms with Gasteiger partial charge in [0.05, 0.1) is 17.8 Å². The summed E-state index contributed by atoms with van der Waals surface area (Å²) >= 11 is 0. The number of hydrogen-bond acceptors (Lipinski definition) is 3. The second kappa shape index (κ2) is 6.58. The summed E-state index contributed by atoms with van der Waals surface area (Å²) in [4.78, 5) is 0. The number of H-pyrrole nitrogens is 1. The van der Waals surface area contributed by atoms with Crippen molar-refractivity contribution in [3.05, 3.63) is 53.8 Å². The largest absolute Gasteiger partial charge is 0.478 e. The Morgan fingerprint density at radius 3 is 2.64 bits per heavy atom. The first-order valence-corrected chi connectivity index (χ1v) is 6.65. The zero-order valence-electron chi connectivity index (χ0n) is 11.9. The van der Waals surface area contributed by atoms with E-state index in [0.29, 0.717) is 12.2 Å². The van der Waals surface area contributed by atoms with Crippen molar-refractivity contribution in [1.29, 1.82) is 5.41 Å². The van der Waals surface area contributed by atoms with Gasteiger partial charge in [-0.15, -0.1) is 12.4 Å². The fourth-order valence-corrected chi connectivity index (χ4v) is 2.21. The highest BCUT2D eigenvalue weighted by atomic mass is 35.5. The van der Waals surface area contributed by atoms with Gasteiger partial charge in [-0.1, -0.05) is 0 Å². The lowest BCUT2D eigenvalue weighted by Crippen LogP contribution is -2.04. The van der Waals surface area contributed by atoms with Crippen LogP contribution in [0.2, 0.25) is 0 Å². The smallest absolute Gasteiger partial charge is 0.213 e. The number of fused-ring (bicyclic) bond motifs is 1. The minimum atomic E-state index is -0.280. The normalized spacial score (nSPS) is 10.3. The SMILES string of the molecule is CCOC(=N)c1ccc2[nH]nc(-c3ccc(F)cc3)c2c1.Cl. The molecule has 2 aromatic carbocycles. The van der Waals surface area contributed by atoms with Gasteiger partial charge >= 0.3 is 0 Å². The van der Waals surface area contributed by atoms with Gasteiger partial charge in [-0.05, 0) is 49.4 Å². The molecule has 2 N–H and O–H groups in total. The minimum absolute atomic E-state index is 0.